The first-order valence-electron chi connectivity index (χ1n) is 12.1. The van der Waals surface area contributed by atoms with Gasteiger partial charge in [-0.1, -0.05) is 90.0 Å². The third kappa shape index (κ3) is 12.6. The summed E-state index contributed by atoms with van der Waals surface area (Å²) in [4.78, 5) is 39.1. The number of unbranched alkanes of at least 4 members (excludes halogenated alkanes) is 13. The largest absolute Gasteiger partial charge is 0.385 e. The molecule has 1 N–H and O–H groups in total. The number of hydroxylamine groups is 2. The molecule has 0 aromatic heterocycles. The van der Waals surface area contributed by atoms with Crippen LogP contribution >= 0.6 is 0 Å². The second-order valence-corrected chi connectivity index (χ2v) is 8.39. The number of aliphatic hydroxyl groups excluding tert-OH is 1. The molecule has 0 aromatic carbocycles. The van der Waals surface area contributed by atoms with Crippen molar-refractivity contribution in [2.45, 2.75) is 122 Å². The number of aliphatic hydroxyl groups is 1. The molecule has 0 spiro atoms. The Hall–Kier alpha value is -1.76. The summed E-state index contributed by atoms with van der Waals surface area (Å²) >= 11 is 0. The van der Waals surface area contributed by atoms with E-state index >= 15 is 0 Å². The Labute approximate surface area is 186 Å². The van der Waals surface area contributed by atoms with E-state index in [0.717, 1.165) is 19.3 Å². The van der Waals surface area contributed by atoms with Crippen molar-refractivity contribution >= 4 is 17.8 Å². The topological polar surface area (TPSA) is 83.9 Å². The van der Waals surface area contributed by atoms with Crippen LogP contribution < -0.4 is 0 Å². The van der Waals surface area contributed by atoms with Gasteiger partial charge >= 0.3 is 5.97 Å². The Bertz CT molecular complexity index is 562. The molecule has 1 fully saturated rings. The highest BCUT2D eigenvalue weighted by Crippen LogP contribution is 2.17. The lowest BCUT2D eigenvalue weighted by Gasteiger charge is -2.14. The van der Waals surface area contributed by atoms with Crippen molar-refractivity contribution < 1.29 is 28.7 Å². The van der Waals surface area contributed by atoms with E-state index < -0.39 is 36.1 Å². The summed E-state index contributed by atoms with van der Waals surface area (Å²) in [7, 11) is 0. The number of imide groups is 1. The third-order valence-electron chi connectivity index (χ3n) is 5.52. The Morgan fingerprint density at radius 1 is 0.935 bits per heavy atom. The fourth-order valence-corrected chi connectivity index (χ4v) is 3.59. The lowest BCUT2D eigenvalue weighted by molar-refractivity contribution is -0.198. The van der Waals surface area contributed by atoms with Gasteiger partial charge in [0.2, 0.25) is 0 Å². The number of hydrogen-bond acceptors (Lipinski definition) is 5. The number of halogens is 1. The summed E-state index contributed by atoms with van der Waals surface area (Å²) in [5.41, 5.74) is 0. The highest BCUT2D eigenvalue weighted by atomic mass is 19.1. The Morgan fingerprint density at radius 2 is 1.39 bits per heavy atom. The summed E-state index contributed by atoms with van der Waals surface area (Å²) in [6, 6.07) is 0. The van der Waals surface area contributed by atoms with Crippen molar-refractivity contribution in [3.63, 3.8) is 0 Å². The van der Waals surface area contributed by atoms with E-state index in [0.29, 0.717) is 11.5 Å². The third-order valence-corrected chi connectivity index (χ3v) is 5.52. The molecule has 6 nitrogen and oxygen atoms in total. The van der Waals surface area contributed by atoms with E-state index in [9.17, 15) is 23.9 Å². The number of nitrogens with zero attached hydrogens (tertiary/aromatic N) is 1. The number of amides is 2. The first-order chi connectivity index (χ1) is 15.0. The van der Waals surface area contributed by atoms with Crippen LogP contribution in [0.15, 0.2) is 11.9 Å². The molecule has 0 aliphatic carbocycles. The van der Waals surface area contributed by atoms with Crippen LogP contribution in [0.4, 0.5) is 4.39 Å². The molecule has 0 bridgehead atoms. The molecule has 1 aliphatic rings. The van der Waals surface area contributed by atoms with Gasteiger partial charge in [-0.3, -0.25) is 9.59 Å². The predicted molar refractivity (Wildman–Crippen MR) is 117 cm³/mol. The van der Waals surface area contributed by atoms with E-state index in [1.165, 1.54) is 70.3 Å². The molecular formula is C24H40FNO5. The zero-order chi connectivity index (χ0) is 22.9. The van der Waals surface area contributed by atoms with Gasteiger partial charge in [0, 0.05) is 12.8 Å². The van der Waals surface area contributed by atoms with Gasteiger partial charge < -0.3 is 9.94 Å². The van der Waals surface area contributed by atoms with Gasteiger partial charge in [0.1, 0.15) is 11.9 Å². The maximum Gasteiger partial charge on any atom is 0.336 e. The monoisotopic (exact) mass is 441 g/mol. The predicted octanol–water partition coefficient (Wildman–Crippen LogP) is 5.68. The second kappa shape index (κ2) is 16.9. The average Bonchev–Trinajstić information content (AvgIpc) is 3.05. The van der Waals surface area contributed by atoms with E-state index in [4.69, 9.17) is 0 Å². The van der Waals surface area contributed by atoms with Crippen molar-refractivity contribution in [1.29, 1.82) is 0 Å². The number of carbonyl (C=O) groups excluding carboxylic acids is 3. The molecule has 1 saturated heterocycles. The van der Waals surface area contributed by atoms with Crippen molar-refractivity contribution in [2.24, 2.45) is 0 Å². The molecule has 1 atom stereocenters. The lowest BCUT2D eigenvalue weighted by atomic mass is 10.0. The fraction of sp³-hybridized carbons (Fsp3) is 0.792. The molecule has 0 aromatic rings. The van der Waals surface area contributed by atoms with E-state index in [-0.39, 0.29) is 12.8 Å². The zero-order valence-corrected chi connectivity index (χ0v) is 19.1. The van der Waals surface area contributed by atoms with Crippen molar-refractivity contribution in [2.75, 3.05) is 0 Å². The SMILES string of the molecule is CCCCCCCCCCCCCCC/C=C(\F)C(O)CC(=O)ON1C(=O)CCC1=O. The van der Waals surface area contributed by atoms with Crippen LogP contribution in [0.5, 0.6) is 0 Å². The van der Waals surface area contributed by atoms with Crippen LogP contribution in [-0.4, -0.2) is 34.1 Å². The average molecular weight is 442 g/mol. The van der Waals surface area contributed by atoms with Gasteiger partial charge in [0.15, 0.2) is 0 Å². The summed E-state index contributed by atoms with van der Waals surface area (Å²) in [6.07, 6.45) is 15.6. The summed E-state index contributed by atoms with van der Waals surface area (Å²) in [5, 5.41) is 10.2. The maximum absolute atomic E-state index is 13.9. The fourth-order valence-electron chi connectivity index (χ4n) is 3.59. The van der Waals surface area contributed by atoms with Crippen LogP contribution in [0.3, 0.4) is 0 Å². The van der Waals surface area contributed by atoms with Crippen molar-refractivity contribution in [1.82, 2.24) is 5.06 Å². The summed E-state index contributed by atoms with van der Waals surface area (Å²) < 4.78 is 13.9. The number of rotatable bonds is 18. The minimum absolute atomic E-state index is 0.0118. The zero-order valence-electron chi connectivity index (χ0n) is 19.1. The highest BCUT2D eigenvalue weighted by Gasteiger charge is 2.33. The minimum Gasteiger partial charge on any atom is -0.385 e. The van der Waals surface area contributed by atoms with Gasteiger partial charge in [0.25, 0.3) is 11.8 Å². The van der Waals surface area contributed by atoms with Crippen LogP contribution in [0.2, 0.25) is 0 Å². The highest BCUT2D eigenvalue weighted by molar-refractivity contribution is 6.01. The second-order valence-electron chi connectivity index (χ2n) is 8.39. The molecule has 1 rings (SSSR count). The van der Waals surface area contributed by atoms with Crippen LogP contribution in [0, 0.1) is 0 Å². The molecule has 178 valence electrons. The van der Waals surface area contributed by atoms with Gasteiger partial charge in [-0.05, 0) is 12.8 Å². The Morgan fingerprint density at radius 3 is 1.87 bits per heavy atom. The van der Waals surface area contributed by atoms with E-state index in [1.807, 2.05) is 0 Å². The normalized spacial score (nSPS) is 15.6. The summed E-state index contributed by atoms with van der Waals surface area (Å²) in [5.74, 6) is -3.01. The molecule has 1 heterocycles. The molecular weight excluding hydrogens is 401 g/mol. The van der Waals surface area contributed by atoms with E-state index in [1.54, 1.807) is 0 Å². The van der Waals surface area contributed by atoms with Gasteiger partial charge in [-0.2, -0.15) is 0 Å². The lowest BCUT2D eigenvalue weighted by Crippen LogP contribution is -2.33. The van der Waals surface area contributed by atoms with Crippen molar-refractivity contribution in [3.05, 3.63) is 11.9 Å². The minimum atomic E-state index is -1.62. The van der Waals surface area contributed by atoms with Gasteiger partial charge in [-0.25, -0.2) is 9.18 Å². The Balaban J connectivity index is 2.01. The van der Waals surface area contributed by atoms with Crippen LogP contribution in [0.25, 0.3) is 0 Å². The number of hydrogen-bond donors (Lipinski definition) is 1. The molecule has 0 saturated carbocycles. The Kier molecular flexibility index (Phi) is 14.8. The number of allylic oxidation sites excluding steroid dienone is 1. The smallest absolute Gasteiger partial charge is 0.336 e. The maximum atomic E-state index is 13.9. The van der Waals surface area contributed by atoms with E-state index in [2.05, 4.69) is 11.8 Å². The standard InChI is InChI=1S/C24H40FNO5/c1-2-3-4-5-6-7-8-9-10-11-12-13-14-15-16-20(25)21(27)19-24(30)31-26-22(28)17-18-23(26)29/h16,21,27H,2-15,17-19H2,1H3/b20-16-. The molecule has 31 heavy (non-hydrogen) atoms. The molecule has 1 unspecified atom stereocenters. The van der Waals surface area contributed by atoms with Crippen LogP contribution in [-0.2, 0) is 19.2 Å². The number of carbonyl (C=O) groups is 3. The van der Waals surface area contributed by atoms with Gasteiger partial charge in [-0.15, -0.1) is 5.06 Å². The molecule has 1 aliphatic heterocycles. The first-order valence-corrected chi connectivity index (χ1v) is 12.1. The molecule has 0 radical (unpaired) electrons. The van der Waals surface area contributed by atoms with Crippen molar-refractivity contribution in [3.8, 4) is 0 Å². The van der Waals surface area contributed by atoms with Gasteiger partial charge in [0.05, 0.1) is 6.42 Å². The molecule has 2 amide bonds. The summed E-state index contributed by atoms with van der Waals surface area (Å²) in [6.45, 7) is 2.24. The first kappa shape index (κ1) is 27.3. The van der Waals surface area contributed by atoms with Crippen LogP contribution in [0.1, 0.15) is 116 Å². The quantitative estimate of drug-likeness (QED) is 0.218. The molecule has 7 heteroatoms.